The molecule has 1 rings (SSSR count). The van der Waals surface area contributed by atoms with Gasteiger partial charge in [-0.1, -0.05) is 26.0 Å². The molecule has 2 N–H and O–H groups in total. The maximum Gasteiger partial charge on any atom is 0.417 e. The summed E-state index contributed by atoms with van der Waals surface area (Å²) in [5, 5.41) is 11.9. The number of alkyl halides is 3. The van der Waals surface area contributed by atoms with Crippen LogP contribution in [0.15, 0.2) is 18.2 Å². The molecule has 7 heteroatoms. The first-order chi connectivity index (χ1) is 9.71. The molecule has 0 saturated heterocycles. The van der Waals surface area contributed by atoms with E-state index in [9.17, 15) is 17.6 Å². The standard InChI is InChI=1S/C14H19F4NO2/c1-9(2)6-19-7-10-4-3-5-11(15)13(10)21-8-12(20)14(16,17)18/h3-5,9,12,19-20H,6-8H2,1-2H3. The van der Waals surface area contributed by atoms with Gasteiger partial charge in [0.25, 0.3) is 0 Å². The lowest BCUT2D eigenvalue weighted by Gasteiger charge is -2.18. The van der Waals surface area contributed by atoms with Crippen molar-refractivity contribution in [3.63, 3.8) is 0 Å². The third-order valence-corrected chi connectivity index (χ3v) is 2.68. The molecule has 0 aliphatic heterocycles. The fourth-order valence-electron chi connectivity index (χ4n) is 1.61. The largest absolute Gasteiger partial charge is 0.487 e. The van der Waals surface area contributed by atoms with Gasteiger partial charge in [-0.05, 0) is 18.5 Å². The summed E-state index contributed by atoms with van der Waals surface area (Å²) in [4.78, 5) is 0. The second kappa shape index (κ2) is 7.61. The van der Waals surface area contributed by atoms with Gasteiger partial charge in [0.15, 0.2) is 17.7 Å². The first kappa shape index (κ1) is 17.7. The number of hydrogen-bond donors (Lipinski definition) is 2. The highest BCUT2D eigenvalue weighted by Gasteiger charge is 2.39. The van der Waals surface area contributed by atoms with E-state index in [0.29, 0.717) is 18.0 Å². The van der Waals surface area contributed by atoms with E-state index in [-0.39, 0.29) is 12.3 Å². The number of para-hydroxylation sites is 1. The highest BCUT2D eigenvalue weighted by molar-refractivity contribution is 5.35. The van der Waals surface area contributed by atoms with Gasteiger partial charge < -0.3 is 15.2 Å². The van der Waals surface area contributed by atoms with Crippen LogP contribution in [0.1, 0.15) is 19.4 Å². The molecule has 0 aromatic heterocycles. The molecule has 0 aliphatic carbocycles. The van der Waals surface area contributed by atoms with Crippen LogP contribution in [-0.4, -0.2) is 30.5 Å². The Morgan fingerprint density at radius 3 is 2.52 bits per heavy atom. The summed E-state index contributed by atoms with van der Waals surface area (Å²) in [5.74, 6) is -0.639. The van der Waals surface area contributed by atoms with E-state index >= 15 is 0 Å². The lowest BCUT2D eigenvalue weighted by molar-refractivity contribution is -0.210. The number of hydrogen-bond acceptors (Lipinski definition) is 3. The number of halogens is 4. The quantitative estimate of drug-likeness (QED) is 0.761. The molecule has 21 heavy (non-hydrogen) atoms. The molecule has 1 atom stereocenters. The average molecular weight is 309 g/mol. The fourth-order valence-corrected chi connectivity index (χ4v) is 1.61. The van der Waals surface area contributed by atoms with Crippen molar-refractivity contribution in [2.24, 2.45) is 5.92 Å². The molecule has 0 aliphatic rings. The van der Waals surface area contributed by atoms with Gasteiger partial charge in [0.1, 0.15) is 6.61 Å². The van der Waals surface area contributed by atoms with E-state index in [2.05, 4.69) is 5.32 Å². The summed E-state index contributed by atoms with van der Waals surface area (Å²) < 4.78 is 55.1. The van der Waals surface area contributed by atoms with Crippen LogP contribution in [0.2, 0.25) is 0 Å². The normalized spacial score (nSPS) is 13.5. The zero-order valence-electron chi connectivity index (χ0n) is 11.9. The minimum Gasteiger partial charge on any atom is -0.487 e. The van der Waals surface area contributed by atoms with Crippen LogP contribution in [-0.2, 0) is 6.54 Å². The maximum atomic E-state index is 13.7. The Morgan fingerprint density at radius 1 is 1.29 bits per heavy atom. The predicted molar refractivity (Wildman–Crippen MR) is 70.5 cm³/mol. The molecule has 1 unspecified atom stereocenters. The minimum absolute atomic E-state index is 0.267. The summed E-state index contributed by atoms with van der Waals surface area (Å²) >= 11 is 0. The molecule has 0 fully saturated rings. The fraction of sp³-hybridized carbons (Fsp3) is 0.571. The summed E-state index contributed by atoms with van der Waals surface area (Å²) in [7, 11) is 0. The monoisotopic (exact) mass is 309 g/mol. The summed E-state index contributed by atoms with van der Waals surface area (Å²) in [6, 6.07) is 4.11. The third kappa shape index (κ3) is 5.89. The first-order valence-electron chi connectivity index (χ1n) is 6.57. The SMILES string of the molecule is CC(C)CNCc1cccc(F)c1OCC(O)C(F)(F)F. The van der Waals surface area contributed by atoms with Crippen LogP contribution in [0, 0.1) is 11.7 Å². The number of benzene rings is 1. The average Bonchev–Trinajstić information content (AvgIpc) is 2.36. The Bertz CT molecular complexity index is 449. The molecular formula is C14H19F4NO2. The number of aliphatic hydroxyl groups is 1. The van der Waals surface area contributed by atoms with E-state index in [1.54, 1.807) is 6.07 Å². The number of aliphatic hydroxyl groups excluding tert-OH is 1. The molecule has 1 aromatic carbocycles. The Labute approximate surface area is 120 Å². The zero-order valence-corrected chi connectivity index (χ0v) is 11.9. The van der Waals surface area contributed by atoms with Gasteiger partial charge in [-0.15, -0.1) is 0 Å². The van der Waals surface area contributed by atoms with Crippen LogP contribution >= 0.6 is 0 Å². The third-order valence-electron chi connectivity index (χ3n) is 2.68. The van der Waals surface area contributed by atoms with E-state index < -0.39 is 24.7 Å². The zero-order chi connectivity index (χ0) is 16.0. The molecular weight excluding hydrogens is 290 g/mol. The smallest absolute Gasteiger partial charge is 0.417 e. The first-order valence-corrected chi connectivity index (χ1v) is 6.57. The van der Waals surface area contributed by atoms with Gasteiger partial charge >= 0.3 is 6.18 Å². The lowest BCUT2D eigenvalue weighted by atomic mass is 10.1. The van der Waals surface area contributed by atoms with E-state index in [4.69, 9.17) is 9.84 Å². The van der Waals surface area contributed by atoms with Crippen molar-refractivity contribution >= 4 is 0 Å². The molecule has 0 spiro atoms. The topological polar surface area (TPSA) is 41.5 Å². The predicted octanol–water partition coefficient (Wildman–Crippen LogP) is 2.87. The van der Waals surface area contributed by atoms with Gasteiger partial charge in [0.05, 0.1) is 0 Å². The molecule has 0 saturated carbocycles. The van der Waals surface area contributed by atoms with Gasteiger partial charge in [-0.2, -0.15) is 13.2 Å². The van der Waals surface area contributed by atoms with E-state index in [0.717, 1.165) is 6.07 Å². The second-order valence-corrected chi connectivity index (χ2v) is 5.12. The Balaban J connectivity index is 2.71. The van der Waals surface area contributed by atoms with Crippen molar-refractivity contribution in [1.82, 2.24) is 5.32 Å². The van der Waals surface area contributed by atoms with E-state index in [1.165, 1.54) is 6.07 Å². The number of ether oxygens (including phenoxy) is 1. The Morgan fingerprint density at radius 2 is 1.95 bits per heavy atom. The molecule has 3 nitrogen and oxygen atoms in total. The van der Waals surface area contributed by atoms with E-state index in [1.807, 2.05) is 13.8 Å². The van der Waals surface area contributed by atoms with Crippen LogP contribution in [0.5, 0.6) is 5.75 Å². The van der Waals surface area contributed by atoms with Crippen molar-refractivity contribution < 1.29 is 27.4 Å². The number of nitrogens with one attached hydrogen (secondary N) is 1. The van der Waals surface area contributed by atoms with Crippen LogP contribution in [0.25, 0.3) is 0 Å². The maximum absolute atomic E-state index is 13.7. The molecule has 120 valence electrons. The Hall–Kier alpha value is -1.34. The van der Waals surface area contributed by atoms with Crippen LogP contribution in [0.4, 0.5) is 17.6 Å². The van der Waals surface area contributed by atoms with Gasteiger partial charge in [0, 0.05) is 12.1 Å². The van der Waals surface area contributed by atoms with Gasteiger partial charge in [-0.25, -0.2) is 4.39 Å². The lowest BCUT2D eigenvalue weighted by Crippen LogP contribution is -2.34. The highest BCUT2D eigenvalue weighted by atomic mass is 19.4. The minimum atomic E-state index is -4.79. The highest BCUT2D eigenvalue weighted by Crippen LogP contribution is 2.25. The van der Waals surface area contributed by atoms with Gasteiger partial charge in [-0.3, -0.25) is 0 Å². The Kier molecular flexibility index (Phi) is 6.42. The summed E-state index contributed by atoms with van der Waals surface area (Å²) in [6.45, 7) is 3.90. The van der Waals surface area contributed by atoms with Crippen molar-refractivity contribution in [1.29, 1.82) is 0 Å². The molecule has 0 bridgehead atoms. The second-order valence-electron chi connectivity index (χ2n) is 5.12. The van der Waals surface area contributed by atoms with Crippen LogP contribution < -0.4 is 10.1 Å². The molecule has 0 amide bonds. The molecule has 0 radical (unpaired) electrons. The summed E-state index contributed by atoms with van der Waals surface area (Å²) in [5.41, 5.74) is 0.407. The van der Waals surface area contributed by atoms with Crippen molar-refractivity contribution in [2.45, 2.75) is 32.7 Å². The van der Waals surface area contributed by atoms with Gasteiger partial charge in [0.2, 0.25) is 0 Å². The number of rotatable bonds is 7. The van der Waals surface area contributed by atoms with Crippen molar-refractivity contribution in [3.8, 4) is 5.75 Å². The summed E-state index contributed by atoms with van der Waals surface area (Å²) in [6.07, 6.45) is -7.44. The van der Waals surface area contributed by atoms with Crippen LogP contribution in [0.3, 0.4) is 0 Å². The molecule has 0 heterocycles. The van der Waals surface area contributed by atoms with Crippen molar-refractivity contribution in [2.75, 3.05) is 13.2 Å². The molecule has 1 aromatic rings. The van der Waals surface area contributed by atoms with Crippen molar-refractivity contribution in [3.05, 3.63) is 29.6 Å².